The molecule has 7 nitrogen and oxygen atoms in total. The summed E-state index contributed by atoms with van der Waals surface area (Å²) >= 11 is 7.03. The molecule has 0 unspecified atom stereocenters. The minimum atomic E-state index is -1.01. The van der Waals surface area contributed by atoms with E-state index in [4.69, 9.17) is 21.1 Å². The Balaban J connectivity index is 2.36. The lowest BCUT2D eigenvalue weighted by Crippen LogP contribution is -2.42. The average molecular weight is 414 g/mol. The van der Waals surface area contributed by atoms with Gasteiger partial charge < -0.3 is 14.2 Å². The number of halogens is 1. The van der Waals surface area contributed by atoms with Crippen LogP contribution in [0.25, 0.3) is 6.08 Å². The SMILES string of the molecule is COC(=O)[C@@H](C)N1C(=O)S/C(=C\c2cc(Cl)c(OC(C)C)c(OC)c2)C1=O. The number of amides is 2. The zero-order valence-corrected chi connectivity index (χ0v) is 17.1. The molecule has 1 atom stereocenters. The van der Waals surface area contributed by atoms with Crippen LogP contribution in [0, 0.1) is 0 Å². The van der Waals surface area contributed by atoms with E-state index in [0.717, 1.165) is 16.7 Å². The Morgan fingerprint density at radius 3 is 2.44 bits per heavy atom. The van der Waals surface area contributed by atoms with Crippen LogP contribution < -0.4 is 9.47 Å². The average Bonchev–Trinajstić information content (AvgIpc) is 2.88. The molecule has 0 bridgehead atoms. The minimum Gasteiger partial charge on any atom is -0.493 e. The molecule has 0 aromatic heterocycles. The molecule has 0 saturated carbocycles. The van der Waals surface area contributed by atoms with Crippen LogP contribution in [-0.2, 0) is 14.3 Å². The molecule has 27 heavy (non-hydrogen) atoms. The van der Waals surface area contributed by atoms with Gasteiger partial charge in [-0.1, -0.05) is 11.6 Å². The quantitative estimate of drug-likeness (QED) is 0.519. The fraction of sp³-hybridized carbons (Fsp3) is 0.389. The van der Waals surface area contributed by atoms with Gasteiger partial charge in [0.15, 0.2) is 11.5 Å². The van der Waals surface area contributed by atoms with E-state index in [1.807, 2.05) is 13.8 Å². The molecular formula is C18H20ClNO6S. The Morgan fingerprint density at radius 1 is 1.22 bits per heavy atom. The molecular weight excluding hydrogens is 394 g/mol. The highest BCUT2D eigenvalue weighted by Crippen LogP contribution is 2.39. The van der Waals surface area contributed by atoms with Gasteiger partial charge in [0.1, 0.15) is 6.04 Å². The molecule has 0 aliphatic carbocycles. The van der Waals surface area contributed by atoms with Gasteiger partial charge in [0.25, 0.3) is 11.1 Å². The monoisotopic (exact) mass is 413 g/mol. The van der Waals surface area contributed by atoms with E-state index >= 15 is 0 Å². The van der Waals surface area contributed by atoms with Crippen molar-refractivity contribution in [2.24, 2.45) is 0 Å². The van der Waals surface area contributed by atoms with Gasteiger partial charge >= 0.3 is 5.97 Å². The van der Waals surface area contributed by atoms with Gasteiger partial charge in [-0.05, 0) is 56.3 Å². The summed E-state index contributed by atoms with van der Waals surface area (Å²) < 4.78 is 15.6. The number of methoxy groups -OCH3 is 2. The lowest BCUT2D eigenvalue weighted by Gasteiger charge is -2.18. The minimum absolute atomic E-state index is 0.0986. The van der Waals surface area contributed by atoms with Gasteiger partial charge in [0, 0.05) is 0 Å². The summed E-state index contributed by atoms with van der Waals surface area (Å²) in [4.78, 5) is 37.4. The number of benzene rings is 1. The predicted octanol–water partition coefficient (Wildman–Crippen LogP) is 3.73. The Bertz CT molecular complexity index is 807. The van der Waals surface area contributed by atoms with E-state index < -0.39 is 23.2 Å². The smallest absolute Gasteiger partial charge is 0.328 e. The largest absolute Gasteiger partial charge is 0.493 e. The van der Waals surface area contributed by atoms with Crippen molar-refractivity contribution in [3.8, 4) is 11.5 Å². The van der Waals surface area contributed by atoms with E-state index in [1.165, 1.54) is 27.2 Å². The molecule has 2 rings (SSSR count). The van der Waals surface area contributed by atoms with E-state index in [2.05, 4.69) is 4.74 Å². The summed E-state index contributed by atoms with van der Waals surface area (Å²) in [5, 5.41) is -0.224. The van der Waals surface area contributed by atoms with Gasteiger partial charge in [-0.3, -0.25) is 14.5 Å². The lowest BCUT2D eigenvalue weighted by molar-refractivity contribution is -0.148. The van der Waals surface area contributed by atoms with Crippen LogP contribution in [0.4, 0.5) is 4.79 Å². The molecule has 0 radical (unpaired) electrons. The molecule has 9 heteroatoms. The third kappa shape index (κ3) is 4.56. The van der Waals surface area contributed by atoms with E-state index in [9.17, 15) is 14.4 Å². The fourth-order valence-electron chi connectivity index (χ4n) is 2.41. The number of esters is 1. The summed E-state index contributed by atoms with van der Waals surface area (Å²) in [7, 11) is 2.68. The number of carbonyl (C=O) groups is 3. The number of rotatable bonds is 6. The van der Waals surface area contributed by atoms with E-state index in [1.54, 1.807) is 12.1 Å². The number of hydrogen-bond acceptors (Lipinski definition) is 7. The second-order valence-corrected chi connectivity index (χ2v) is 7.35. The summed E-state index contributed by atoms with van der Waals surface area (Å²) in [6.45, 7) is 5.16. The topological polar surface area (TPSA) is 82.1 Å². The van der Waals surface area contributed by atoms with Crippen molar-refractivity contribution in [2.75, 3.05) is 14.2 Å². The first-order valence-electron chi connectivity index (χ1n) is 8.08. The number of nitrogens with zero attached hydrogens (tertiary/aromatic N) is 1. The Hall–Kier alpha value is -2.19. The van der Waals surface area contributed by atoms with Crippen LogP contribution in [0.5, 0.6) is 11.5 Å². The Kier molecular flexibility index (Phi) is 6.78. The number of ether oxygens (including phenoxy) is 3. The molecule has 1 aromatic carbocycles. The number of imide groups is 1. The Morgan fingerprint density at radius 2 is 1.89 bits per heavy atom. The van der Waals surface area contributed by atoms with Crippen molar-refractivity contribution in [2.45, 2.75) is 32.9 Å². The maximum Gasteiger partial charge on any atom is 0.328 e. The molecule has 0 spiro atoms. The van der Waals surface area contributed by atoms with Crippen molar-refractivity contribution in [3.05, 3.63) is 27.6 Å². The summed E-state index contributed by atoms with van der Waals surface area (Å²) in [6, 6.07) is 2.26. The molecule has 1 saturated heterocycles. The molecule has 146 valence electrons. The van der Waals surface area contributed by atoms with E-state index in [0.29, 0.717) is 22.1 Å². The van der Waals surface area contributed by atoms with Crippen LogP contribution >= 0.6 is 23.4 Å². The highest BCUT2D eigenvalue weighted by Gasteiger charge is 2.41. The molecule has 0 N–H and O–H groups in total. The van der Waals surface area contributed by atoms with Crippen LogP contribution in [0.3, 0.4) is 0 Å². The zero-order chi connectivity index (χ0) is 20.3. The van der Waals surface area contributed by atoms with Gasteiger partial charge in [-0.15, -0.1) is 0 Å². The third-order valence-electron chi connectivity index (χ3n) is 3.66. The molecule has 2 amide bonds. The van der Waals surface area contributed by atoms with Gasteiger partial charge in [-0.2, -0.15) is 0 Å². The maximum absolute atomic E-state index is 12.6. The second-order valence-electron chi connectivity index (χ2n) is 5.95. The van der Waals surface area contributed by atoms with Gasteiger partial charge in [0.05, 0.1) is 30.3 Å². The maximum atomic E-state index is 12.6. The van der Waals surface area contributed by atoms with Crippen LogP contribution in [0.2, 0.25) is 5.02 Å². The van der Waals surface area contributed by atoms with Gasteiger partial charge in [0.2, 0.25) is 0 Å². The first kappa shape index (κ1) is 21.1. The highest BCUT2D eigenvalue weighted by atomic mass is 35.5. The van der Waals surface area contributed by atoms with Crippen LogP contribution in [0.15, 0.2) is 17.0 Å². The summed E-state index contributed by atoms with van der Waals surface area (Å²) in [5.41, 5.74) is 0.559. The van der Waals surface area contributed by atoms with Crippen molar-refractivity contribution >= 4 is 46.6 Å². The molecule has 1 heterocycles. The summed E-state index contributed by atoms with van der Waals surface area (Å²) in [6.07, 6.45) is 1.42. The highest BCUT2D eigenvalue weighted by molar-refractivity contribution is 8.18. The standard InChI is InChI=1S/C18H20ClNO6S/c1-9(2)26-15-12(19)6-11(7-13(15)24-4)8-14-16(21)20(18(23)27-14)10(3)17(22)25-5/h6-10H,1-5H3/b14-8-/t10-/m1/s1. The molecule has 1 fully saturated rings. The predicted molar refractivity (Wildman–Crippen MR) is 103 cm³/mol. The molecule has 1 aliphatic rings. The molecule has 1 aromatic rings. The Labute approximate surface area is 166 Å². The first-order valence-corrected chi connectivity index (χ1v) is 9.28. The van der Waals surface area contributed by atoms with Crippen molar-refractivity contribution in [1.29, 1.82) is 0 Å². The molecule has 1 aliphatic heterocycles. The normalized spacial score (nSPS) is 16.9. The van der Waals surface area contributed by atoms with Crippen LogP contribution in [0.1, 0.15) is 26.3 Å². The van der Waals surface area contributed by atoms with Crippen molar-refractivity contribution in [3.63, 3.8) is 0 Å². The third-order valence-corrected chi connectivity index (χ3v) is 4.82. The zero-order valence-electron chi connectivity index (χ0n) is 15.6. The van der Waals surface area contributed by atoms with Crippen LogP contribution in [-0.4, -0.2) is 48.4 Å². The fourth-order valence-corrected chi connectivity index (χ4v) is 3.59. The van der Waals surface area contributed by atoms with Gasteiger partial charge in [-0.25, -0.2) is 4.79 Å². The van der Waals surface area contributed by atoms with Crippen molar-refractivity contribution < 1.29 is 28.6 Å². The summed E-state index contributed by atoms with van der Waals surface area (Å²) in [5.74, 6) is -0.428. The number of hydrogen-bond donors (Lipinski definition) is 0. The second kappa shape index (κ2) is 8.67. The first-order chi connectivity index (χ1) is 12.7. The van der Waals surface area contributed by atoms with E-state index in [-0.39, 0.29) is 11.0 Å². The van der Waals surface area contributed by atoms with Crippen molar-refractivity contribution in [1.82, 2.24) is 4.90 Å². The lowest BCUT2D eigenvalue weighted by atomic mass is 10.1. The number of carbonyl (C=O) groups excluding carboxylic acids is 3. The number of thioether (sulfide) groups is 1.